The van der Waals surface area contributed by atoms with Crippen molar-refractivity contribution < 1.29 is 4.21 Å². The Hall–Kier alpha value is -5.11. The van der Waals surface area contributed by atoms with Crippen molar-refractivity contribution in [3.63, 3.8) is 0 Å². The summed E-state index contributed by atoms with van der Waals surface area (Å²) in [5.74, 6) is 13.2. The molecule has 6 heteroatoms. The van der Waals surface area contributed by atoms with Gasteiger partial charge in [-0.2, -0.15) is 0 Å². The normalized spacial score (nSPS) is 12.5. The quantitative estimate of drug-likeness (QED) is 0.170. The summed E-state index contributed by atoms with van der Waals surface area (Å²) in [6.07, 6.45) is 0. The van der Waals surface area contributed by atoms with Gasteiger partial charge in [-0.1, -0.05) is 71.5 Å². The van der Waals surface area contributed by atoms with Gasteiger partial charge in [-0.25, -0.2) is 4.21 Å². The van der Waals surface area contributed by atoms with E-state index in [1.165, 1.54) is 42.3 Å². The van der Waals surface area contributed by atoms with Crippen molar-refractivity contribution in [1.29, 1.82) is 0 Å². The number of fused-ring (bicyclic) bond motifs is 4. The molecule has 0 saturated heterocycles. The number of anilines is 4. The number of nitrogens with zero attached hydrogens (tertiary/aromatic N) is 2. The van der Waals surface area contributed by atoms with Gasteiger partial charge in [-0.15, -0.1) is 0 Å². The number of hydrogen-bond donors (Lipinski definition) is 0. The van der Waals surface area contributed by atoms with Gasteiger partial charge in [0.1, 0.15) is 0 Å². The summed E-state index contributed by atoms with van der Waals surface area (Å²) in [5, 5.41) is 0. The second-order valence-corrected chi connectivity index (χ2v) is 15.5. The Morgan fingerprint density at radius 1 is 0.460 bits per heavy atom. The number of rotatable bonds is 4. The molecule has 0 radical (unpaired) electrons. The molecule has 0 unspecified atom stereocenters. The predicted octanol–water partition coefficient (Wildman–Crippen LogP) is 10.9. The topological polar surface area (TPSA) is 23.6 Å². The third-order valence-electron chi connectivity index (χ3n) is 8.72. The van der Waals surface area contributed by atoms with Gasteiger partial charge in [0.2, 0.25) is 0 Å². The summed E-state index contributed by atoms with van der Waals surface area (Å²) in [4.78, 5) is 11.1. The monoisotopic (exact) mass is 700 g/mol. The molecule has 3 nitrogen and oxygen atoms in total. The molecule has 0 aromatic heterocycles. The molecule has 0 spiro atoms. The molecule has 50 heavy (non-hydrogen) atoms. The zero-order chi connectivity index (χ0) is 34.0. The smallest absolute Gasteiger partial charge is 0.0849 e. The molecule has 0 atom stereocenters. The van der Waals surface area contributed by atoms with E-state index < -0.39 is 10.8 Å². The molecule has 2 aliphatic rings. The fourth-order valence-corrected chi connectivity index (χ4v) is 9.56. The highest BCUT2D eigenvalue weighted by molar-refractivity contribution is 8.00. The van der Waals surface area contributed by atoms with Crippen LogP contribution >= 0.6 is 23.5 Å². The van der Waals surface area contributed by atoms with Crippen molar-refractivity contribution >= 4 is 57.1 Å². The van der Waals surface area contributed by atoms with Crippen molar-refractivity contribution in [2.75, 3.05) is 22.9 Å². The Balaban J connectivity index is 0.933. The highest BCUT2D eigenvalue weighted by Gasteiger charge is 2.23. The maximum absolute atomic E-state index is 13.4. The minimum Gasteiger partial charge on any atom is -0.340 e. The first-order valence-corrected chi connectivity index (χ1v) is 19.4. The Labute approximate surface area is 305 Å². The molecule has 6 aromatic rings. The van der Waals surface area contributed by atoms with Crippen LogP contribution in [0, 0.1) is 23.7 Å². The van der Waals surface area contributed by atoms with Gasteiger partial charge in [-0.3, -0.25) is 0 Å². The summed E-state index contributed by atoms with van der Waals surface area (Å²) >= 11 is 3.59. The van der Waals surface area contributed by atoms with Crippen LogP contribution in [0.25, 0.3) is 0 Å². The third-order valence-corrected chi connectivity index (χ3v) is 12.3. The standard InChI is InChI=1S/C44H32N2OS3/c1-3-45-37-9-5-7-11-41(37)48-43-29-33(21-27-39(43)45)15-13-31-17-23-35(24-18-31)50(47)36-25-19-32(20-26-36)14-16-34-22-28-40-44(30-34)49-42-12-8-6-10-38(42)46(40)4-2/h5-12,17-30H,3-4H2,1-2H3. The maximum Gasteiger partial charge on any atom is 0.0849 e. The lowest BCUT2D eigenvalue weighted by Crippen LogP contribution is -2.19. The summed E-state index contributed by atoms with van der Waals surface area (Å²) in [7, 11) is -1.30. The van der Waals surface area contributed by atoms with E-state index in [0.717, 1.165) is 45.1 Å². The molecule has 2 aliphatic heterocycles. The van der Waals surface area contributed by atoms with Crippen LogP contribution in [0.3, 0.4) is 0 Å². The SMILES string of the molecule is CCN1c2ccccc2Sc2cc(C#Cc3ccc(S(=O)c4ccc(C#Cc5ccc6c(c5)Sc5ccccc5N6CC)cc4)cc3)ccc21. The summed E-state index contributed by atoms with van der Waals surface area (Å²) in [6, 6.07) is 45.3. The summed E-state index contributed by atoms with van der Waals surface area (Å²) < 4.78 is 13.4. The van der Waals surface area contributed by atoms with Crippen LogP contribution in [0.1, 0.15) is 36.1 Å². The summed E-state index contributed by atoms with van der Waals surface area (Å²) in [5.41, 5.74) is 8.66. The highest BCUT2D eigenvalue weighted by atomic mass is 32.2. The van der Waals surface area contributed by atoms with Crippen LogP contribution in [0.4, 0.5) is 22.7 Å². The van der Waals surface area contributed by atoms with E-state index in [-0.39, 0.29) is 0 Å². The Morgan fingerprint density at radius 3 is 1.24 bits per heavy atom. The lowest BCUT2D eigenvalue weighted by molar-refractivity contribution is 0.683. The third kappa shape index (κ3) is 6.35. The molecular formula is C44H32N2OS3. The number of hydrogen-bond acceptors (Lipinski definition) is 5. The molecular weight excluding hydrogens is 669 g/mol. The zero-order valence-corrected chi connectivity index (χ0v) is 30.1. The van der Waals surface area contributed by atoms with Gasteiger partial charge < -0.3 is 9.80 Å². The Bertz CT molecular complexity index is 2230. The van der Waals surface area contributed by atoms with Crippen molar-refractivity contribution in [2.24, 2.45) is 0 Å². The second kappa shape index (κ2) is 14.0. The van der Waals surface area contributed by atoms with Crippen LogP contribution in [0.2, 0.25) is 0 Å². The van der Waals surface area contributed by atoms with Crippen LogP contribution < -0.4 is 9.80 Å². The minimum absolute atomic E-state index is 0.743. The van der Waals surface area contributed by atoms with Crippen molar-refractivity contribution in [2.45, 2.75) is 43.2 Å². The van der Waals surface area contributed by atoms with E-state index in [2.05, 4.69) is 132 Å². The predicted molar refractivity (Wildman–Crippen MR) is 209 cm³/mol. The van der Waals surface area contributed by atoms with Gasteiger partial charge in [0, 0.05) is 64.7 Å². The van der Waals surface area contributed by atoms with Gasteiger partial charge in [-0.05, 0) is 123 Å². The molecule has 0 fully saturated rings. The van der Waals surface area contributed by atoms with Crippen LogP contribution in [-0.4, -0.2) is 17.3 Å². The van der Waals surface area contributed by atoms with Gasteiger partial charge in [0.25, 0.3) is 0 Å². The van der Waals surface area contributed by atoms with Gasteiger partial charge in [0.05, 0.1) is 33.5 Å². The van der Waals surface area contributed by atoms with Gasteiger partial charge in [0.15, 0.2) is 0 Å². The fraction of sp³-hybridized carbons (Fsp3) is 0.0909. The lowest BCUT2D eigenvalue weighted by Gasteiger charge is -2.31. The zero-order valence-electron chi connectivity index (χ0n) is 27.6. The molecule has 0 aliphatic carbocycles. The molecule has 0 amide bonds. The lowest BCUT2D eigenvalue weighted by atomic mass is 10.1. The van der Waals surface area contributed by atoms with E-state index in [9.17, 15) is 4.21 Å². The van der Waals surface area contributed by atoms with Gasteiger partial charge >= 0.3 is 0 Å². The largest absolute Gasteiger partial charge is 0.340 e. The Kier molecular flexibility index (Phi) is 9.00. The summed E-state index contributed by atoms with van der Waals surface area (Å²) in [6.45, 7) is 6.18. The second-order valence-electron chi connectivity index (χ2n) is 11.8. The van der Waals surface area contributed by atoms with Crippen molar-refractivity contribution in [3.05, 3.63) is 156 Å². The molecule has 8 rings (SSSR count). The van der Waals surface area contributed by atoms with Crippen molar-refractivity contribution in [1.82, 2.24) is 0 Å². The van der Waals surface area contributed by atoms with E-state index in [1.54, 1.807) is 23.5 Å². The number of benzene rings is 6. The minimum atomic E-state index is -1.30. The molecule has 0 bridgehead atoms. The van der Waals surface area contributed by atoms with E-state index in [1.807, 2.05) is 48.5 Å². The molecule has 242 valence electrons. The van der Waals surface area contributed by atoms with E-state index >= 15 is 0 Å². The molecule has 0 saturated carbocycles. The average molecular weight is 701 g/mol. The molecule has 0 N–H and O–H groups in total. The first-order valence-electron chi connectivity index (χ1n) is 16.6. The first-order chi connectivity index (χ1) is 24.6. The number of para-hydroxylation sites is 2. The van der Waals surface area contributed by atoms with Crippen LogP contribution in [0.15, 0.2) is 163 Å². The average Bonchev–Trinajstić information content (AvgIpc) is 3.17. The Morgan fingerprint density at radius 2 is 0.820 bits per heavy atom. The van der Waals surface area contributed by atoms with E-state index in [0.29, 0.717) is 0 Å². The van der Waals surface area contributed by atoms with E-state index in [4.69, 9.17) is 0 Å². The fourth-order valence-electron chi connectivity index (χ4n) is 6.25. The first kappa shape index (κ1) is 32.1. The highest BCUT2D eigenvalue weighted by Crippen LogP contribution is 2.49. The molecule has 6 aromatic carbocycles. The molecule has 2 heterocycles. The maximum atomic E-state index is 13.4. The van der Waals surface area contributed by atoms with Crippen molar-refractivity contribution in [3.8, 4) is 23.7 Å². The van der Waals surface area contributed by atoms with Crippen LogP contribution in [0.5, 0.6) is 0 Å². The van der Waals surface area contributed by atoms with Crippen LogP contribution in [-0.2, 0) is 10.8 Å².